The molecule has 0 aromatic heterocycles. The molecular weight excluding hydrogens is 400 g/mol. The molecule has 0 atom stereocenters. The second-order valence-electron chi connectivity index (χ2n) is 6.62. The van der Waals surface area contributed by atoms with E-state index in [-0.39, 0.29) is 0 Å². The van der Waals surface area contributed by atoms with Crippen LogP contribution in [0.15, 0.2) is 30.3 Å². The molecule has 1 nitrogen and oxygen atoms in total. The molecular formula is C19H35INP. The Morgan fingerprint density at radius 3 is 1.59 bits per heavy atom. The molecule has 1 aromatic rings. The Balaban J connectivity index is 3.19. The van der Waals surface area contributed by atoms with Crippen LogP contribution in [0.3, 0.4) is 0 Å². The second-order valence-corrected chi connectivity index (χ2v) is 19.1. The van der Waals surface area contributed by atoms with E-state index < -0.39 is 4.40 Å². The molecule has 0 amide bonds. The third-order valence-electron chi connectivity index (χ3n) is 4.92. The maximum absolute atomic E-state index is 2.96. The minimum absolute atomic E-state index is 1.31. The van der Waals surface area contributed by atoms with E-state index in [1.54, 1.807) is 0 Å². The van der Waals surface area contributed by atoms with E-state index in [0.717, 1.165) is 0 Å². The predicted molar refractivity (Wildman–Crippen MR) is 115 cm³/mol. The van der Waals surface area contributed by atoms with Crippen LogP contribution in [0.5, 0.6) is 0 Å². The summed E-state index contributed by atoms with van der Waals surface area (Å²) in [5.41, 5.74) is 1.41. The maximum atomic E-state index is 2.96. The number of anilines is 1. The summed E-state index contributed by atoms with van der Waals surface area (Å²) < 4.78 is 0.836. The van der Waals surface area contributed by atoms with Crippen LogP contribution in [0.4, 0.5) is 5.69 Å². The van der Waals surface area contributed by atoms with Gasteiger partial charge in [-0.25, -0.2) is 0 Å². The molecule has 0 bridgehead atoms. The molecule has 0 radical (unpaired) electrons. The van der Waals surface area contributed by atoms with Crippen molar-refractivity contribution in [3.63, 3.8) is 0 Å². The summed E-state index contributed by atoms with van der Waals surface area (Å²) in [4.78, 5) is 0. The van der Waals surface area contributed by atoms with E-state index in [1.165, 1.54) is 62.7 Å². The number of nitrogens with zero attached hydrogens (tertiary/aromatic N) is 1. The first kappa shape index (κ1) is 20.2. The molecule has 1 rings (SSSR count). The van der Waals surface area contributed by atoms with Crippen LogP contribution in [0.25, 0.3) is 0 Å². The van der Waals surface area contributed by atoms with Gasteiger partial charge in [0.05, 0.1) is 0 Å². The standard InChI is InChI=1S/C19H35INP/c1-5-8-16-22(20,17-9-6-2,18-10-7-3)21(4)19-14-12-11-13-15-19/h11-15H,5-10,16-18H2,1-4H3. The molecule has 0 aliphatic heterocycles. The van der Waals surface area contributed by atoms with Crippen molar-refractivity contribution in [2.24, 2.45) is 0 Å². The van der Waals surface area contributed by atoms with Gasteiger partial charge < -0.3 is 0 Å². The summed E-state index contributed by atoms with van der Waals surface area (Å²) in [5, 5.41) is 0. The topological polar surface area (TPSA) is 3.24 Å². The van der Waals surface area contributed by atoms with Gasteiger partial charge in [-0.15, -0.1) is 0 Å². The number of unbranched alkanes of at least 4 members (excludes halogenated alkanes) is 3. The molecule has 22 heavy (non-hydrogen) atoms. The van der Waals surface area contributed by atoms with Gasteiger partial charge in [0.25, 0.3) is 0 Å². The van der Waals surface area contributed by atoms with Crippen LogP contribution < -0.4 is 4.67 Å². The SMILES string of the molecule is CCCCP(I)(CCCC)(CCCC)N(C)c1ccccc1. The Labute approximate surface area is 151 Å². The van der Waals surface area contributed by atoms with Gasteiger partial charge in [-0.1, -0.05) is 0 Å². The van der Waals surface area contributed by atoms with Crippen LogP contribution >= 0.6 is 26.4 Å². The number of benzene rings is 1. The number of hydrogen-bond acceptors (Lipinski definition) is 1. The molecule has 0 saturated carbocycles. The first-order valence-electron chi connectivity index (χ1n) is 9.02. The van der Waals surface area contributed by atoms with E-state index >= 15 is 0 Å². The average molecular weight is 435 g/mol. The van der Waals surface area contributed by atoms with Gasteiger partial charge in [0.2, 0.25) is 0 Å². The Hall–Kier alpha value is 0.180. The molecule has 0 aliphatic carbocycles. The van der Waals surface area contributed by atoms with Crippen LogP contribution in [-0.4, -0.2) is 25.5 Å². The zero-order valence-corrected chi connectivity index (χ0v) is 18.1. The zero-order chi connectivity index (χ0) is 16.5. The average Bonchev–Trinajstić information content (AvgIpc) is 2.57. The Kier molecular flexibility index (Phi) is 8.71. The molecule has 0 heterocycles. The monoisotopic (exact) mass is 435 g/mol. The van der Waals surface area contributed by atoms with Crippen LogP contribution in [-0.2, 0) is 0 Å². The molecule has 0 N–H and O–H groups in total. The van der Waals surface area contributed by atoms with Crippen molar-refractivity contribution < 1.29 is 0 Å². The first-order chi connectivity index (χ1) is 10.5. The van der Waals surface area contributed by atoms with E-state index in [1.807, 2.05) is 0 Å². The molecule has 0 aliphatic rings. The predicted octanol–water partition coefficient (Wildman–Crippen LogP) is 7.34. The van der Waals surface area contributed by atoms with Crippen molar-refractivity contribution >= 4 is 32.1 Å². The van der Waals surface area contributed by atoms with Crippen molar-refractivity contribution in [1.82, 2.24) is 0 Å². The molecule has 3 heteroatoms. The fourth-order valence-corrected chi connectivity index (χ4v) is 12.4. The van der Waals surface area contributed by atoms with Crippen LogP contribution in [0.1, 0.15) is 59.3 Å². The van der Waals surface area contributed by atoms with Crippen LogP contribution in [0.2, 0.25) is 0 Å². The number of halogens is 1. The van der Waals surface area contributed by atoms with E-state index in [9.17, 15) is 0 Å². The van der Waals surface area contributed by atoms with Crippen molar-refractivity contribution in [2.45, 2.75) is 59.3 Å². The first-order valence-corrected chi connectivity index (χ1v) is 14.6. The van der Waals surface area contributed by atoms with E-state index in [2.05, 4.69) is 84.9 Å². The molecule has 0 unspecified atom stereocenters. The van der Waals surface area contributed by atoms with Crippen molar-refractivity contribution in [3.8, 4) is 0 Å². The van der Waals surface area contributed by atoms with Gasteiger partial charge in [-0.2, -0.15) is 0 Å². The van der Waals surface area contributed by atoms with E-state index in [4.69, 9.17) is 0 Å². The zero-order valence-electron chi connectivity index (χ0n) is 15.0. The fourth-order valence-electron chi connectivity index (χ4n) is 3.25. The quantitative estimate of drug-likeness (QED) is 0.260. The number of para-hydroxylation sites is 1. The third kappa shape index (κ3) is 5.09. The van der Waals surface area contributed by atoms with Gasteiger partial charge in [0.1, 0.15) is 0 Å². The summed E-state index contributed by atoms with van der Waals surface area (Å²) in [6.45, 7) is 7.00. The number of hydrogen-bond donors (Lipinski definition) is 0. The van der Waals surface area contributed by atoms with Crippen molar-refractivity contribution in [2.75, 3.05) is 30.2 Å². The summed E-state index contributed by atoms with van der Waals surface area (Å²) in [6.07, 6.45) is 12.3. The molecule has 0 spiro atoms. The second kappa shape index (κ2) is 9.47. The van der Waals surface area contributed by atoms with Gasteiger partial charge in [0.15, 0.2) is 0 Å². The summed E-state index contributed by atoms with van der Waals surface area (Å²) in [7, 11) is 2.38. The molecule has 0 fully saturated rings. The van der Waals surface area contributed by atoms with Gasteiger partial charge in [-0.05, 0) is 0 Å². The normalized spacial score (nSPS) is 13.6. The van der Waals surface area contributed by atoms with Crippen molar-refractivity contribution in [3.05, 3.63) is 30.3 Å². The number of rotatable bonds is 11. The Bertz CT molecular complexity index is 396. The van der Waals surface area contributed by atoms with Gasteiger partial charge in [0, 0.05) is 0 Å². The Morgan fingerprint density at radius 1 is 0.818 bits per heavy atom. The van der Waals surface area contributed by atoms with Gasteiger partial charge >= 0.3 is 152 Å². The summed E-state index contributed by atoms with van der Waals surface area (Å²) >= 11 is 2.96. The summed E-state index contributed by atoms with van der Waals surface area (Å²) in [5.74, 6) is 0. The molecule has 1 aromatic carbocycles. The summed E-state index contributed by atoms with van der Waals surface area (Å²) in [6, 6.07) is 11.1. The third-order valence-corrected chi connectivity index (χ3v) is 16.9. The van der Waals surface area contributed by atoms with Gasteiger partial charge in [-0.3, -0.25) is 0 Å². The fraction of sp³-hybridized carbons (Fsp3) is 0.684. The molecule has 128 valence electrons. The molecule has 0 saturated heterocycles. The Morgan fingerprint density at radius 2 is 1.23 bits per heavy atom. The van der Waals surface area contributed by atoms with Crippen molar-refractivity contribution in [1.29, 1.82) is 0 Å². The van der Waals surface area contributed by atoms with Crippen LogP contribution in [0, 0.1) is 0 Å². The minimum atomic E-state index is -1.89. The van der Waals surface area contributed by atoms with E-state index in [0.29, 0.717) is 0 Å².